The average Bonchev–Trinajstić information content (AvgIpc) is 3.57. The molecule has 2 aliphatic rings. The quantitative estimate of drug-likeness (QED) is 0.315. The van der Waals surface area contributed by atoms with Crippen molar-refractivity contribution in [2.75, 3.05) is 23.4 Å². The lowest BCUT2D eigenvalue weighted by Crippen LogP contribution is -2.39. The normalized spacial score (nSPS) is 15.4. The number of hydrogen-bond donors (Lipinski definition) is 1. The second kappa shape index (κ2) is 9.94. The van der Waals surface area contributed by atoms with Gasteiger partial charge in [0.05, 0.1) is 35.5 Å². The molecule has 1 N–H and O–H groups in total. The van der Waals surface area contributed by atoms with E-state index < -0.39 is 0 Å². The molecule has 1 amide bonds. The molecule has 0 atom stereocenters. The van der Waals surface area contributed by atoms with Crippen LogP contribution in [0.4, 0.5) is 17.3 Å². The van der Waals surface area contributed by atoms with Crippen LogP contribution in [0.25, 0.3) is 33.4 Å². The maximum absolute atomic E-state index is 13.6. The smallest absolute Gasteiger partial charge is 0.278 e. The van der Waals surface area contributed by atoms with Crippen LogP contribution >= 0.6 is 0 Å². The topological polar surface area (TPSA) is 125 Å². The number of carbonyl (C=O) groups is 1. The van der Waals surface area contributed by atoms with E-state index in [2.05, 4.69) is 20.3 Å². The number of nitrogens with zero attached hydrogens (tertiary/aromatic N) is 8. The van der Waals surface area contributed by atoms with E-state index in [1.54, 1.807) is 39.1 Å². The lowest BCUT2D eigenvalue weighted by molar-refractivity contribution is -0.121. The number of ether oxygens (including phenoxy) is 1. The summed E-state index contributed by atoms with van der Waals surface area (Å²) in [4.78, 5) is 46.1. The van der Waals surface area contributed by atoms with Crippen LogP contribution in [0.2, 0.25) is 0 Å². The summed E-state index contributed by atoms with van der Waals surface area (Å²) in [6, 6.07) is 13.4. The first-order chi connectivity index (χ1) is 21.1. The lowest BCUT2D eigenvalue weighted by Gasteiger charge is -2.30. The first-order valence-electron chi connectivity index (χ1n) is 14.0. The van der Waals surface area contributed by atoms with Crippen molar-refractivity contribution >= 4 is 45.3 Å². The number of anilines is 3. The van der Waals surface area contributed by atoms with Gasteiger partial charge in [-0.15, -0.1) is 0 Å². The van der Waals surface area contributed by atoms with E-state index in [-0.39, 0.29) is 18.1 Å². The minimum atomic E-state index is -0.203. The Morgan fingerprint density at radius 2 is 1.81 bits per heavy atom. The van der Waals surface area contributed by atoms with Gasteiger partial charge in [-0.1, -0.05) is 12.2 Å². The molecule has 0 spiro atoms. The second-order valence-electron chi connectivity index (χ2n) is 10.4. The van der Waals surface area contributed by atoms with Crippen molar-refractivity contribution in [3.05, 3.63) is 96.0 Å². The minimum absolute atomic E-state index is 0.0106. The van der Waals surface area contributed by atoms with Crippen molar-refractivity contribution in [3.63, 3.8) is 0 Å². The van der Waals surface area contributed by atoms with E-state index in [1.807, 2.05) is 65.4 Å². The van der Waals surface area contributed by atoms with Crippen LogP contribution in [0.15, 0.2) is 90.4 Å². The number of rotatable bonds is 3. The van der Waals surface area contributed by atoms with Crippen LogP contribution in [-0.2, 0) is 11.3 Å². The molecule has 0 saturated heterocycles. The highest BCUT2D eigenvalue weighted by molar-refractivity contribution is 5.98. The zero-order chi connectivity index (χ0) is 28.9. The average molecular weight is 572 g/mol. The van der Waals surface area contributed by atoms with Crippen molar-refractivity contribution in [3.8, 4) is 17.1 Å². The Hall–Kier alpha value is -5.78. The van der Waals surface area contributed by atoms with Crippen LogP contribution < -0.4 is 20.5 Å². The predicted octanol–water partition coefficient (Wildman–Crippen LogP) is 4.14. The van der Waals surface area contributed by atoms with Crippen molar-refractivity contribution in [1.29, 1.82) is 0 Å². The number of pyridine rings is 2. The van der Waals surface area contributed by atoms with Crippen molar-refractivity contribution < 1.29 is 9.53 Å². The summed E-state index contributed by atoms with van der Waals surface area (Å²) < 4.78 is 11.1. The third-order valence-corrected chi connectivity index (χ3v) is 7.73. The summed E-state index contributed by atoms with van der Waals surface area (Å²) in [5.41, 5.74) is 4.10. The summed E-state index contributed by atoms with van der Waals surface area (Å²) in [5.74, 6) is 0.873. The molecular weight excluding hydrogens is 546 g/mol. The Morgan fingerprint density at radius 3 is 2.72 bits per heavy atom. The monoisotopic (exact) mass is 571 g/mol. The van der Waals surface area contributed by atoms with Gasteiger partial charge in [0, 0.05) is 36.7 Å². The van der Waals surface area contributed by atoms with Crippen LogP contribution in [0.1, 0.15) is 12.8 Å². The summed E-state index contributed by atoms with van der Waals surface area (Å²) in [6.45, 7) is 0.961. The van der Waals surface area contributed by atoms with Gasteiger partial charge in [-0.25, -0.2) is 19.3 Å². The standard InChI is InChI=1S/C31H25N9O3/c41-27-19-43-26-6-5-23-16-25(26)38(27)12-3-1-2-4-13-39-30(42)24-18-34-31(36-29(24)40(23)39)35-21-15-20-9-14-37(28(20)33-17-21)22-7-10-32-11-8-22/h2,4-11,14-18H,1,3,12-13,19H2,(H,34,35,36)/b4-2-. The maximum atomic E-state index is 13.6. The van der Waals surface area contributed by atoms with Gasteiger partial charge in [0.2, 0.25) is 5.95 Å². The first-order valence-corrected chi connectivity index (χ1v) is 14.0. The molecule has 1 aromatic carbocycles. The molecule has 0 unspecified atom stereocenters. The zero-order valence-electron chi connectivity index (χ0n) is 22.9. The maximum Gasteiger partial charge on any atom is 0.278 e. The van der Waals surface area contributed by atoms with E-state index in [1.165, 1.54) is 0 Å². The van der Waals surface area contributed by atoms with Gasteiger partial charge in [-0.2, -0.15) is 4.98 Å². The van der Waals surface area contributed by atoms with E-state index in [4.69, 9.17) is 9.72 Å². The Labute approximate surface area is 244 Å². The highest BCUT2D eigenvalue weighted by atomic mass is 16.5. The Bertz CT molecular complexity index is 2130. The Morgan fingerprint density at radius 1 is 0.907 bits per heavy atom. The summed E-state index contributed by atoms with van der Waals surface area (Å²) in [6.07, 6.45) is 14.3. The lowest BCUT2D eigenvalue weighted by atomic mass is 10.1. The first kappa shape index (κ1) is 25.0. The highest BCUT2D eigenvalue weighted by Gasteiger charge is 2.27. The Kier molecular flexibility index (Phi) is 5.77. The van der Waals surface area contributed by atoms with E-state index in [0.29, 0.717) is 52.9 Å². The highest BCUT2D eigenvalue weighted by Crippen LogP contribution is 2.35. The molecule has 7 heterocycles. The summed E-state index contributed by atoms with van der Waals surface area (Å²) in [7, 11) is 0. The molecule has 43 heavy (non-hydrogen) atoms. The molecule has 12 nitrogen and oxygen atoms in total. The number of allylic oxidation sites excluding steroid dienone is 2. The molecule has 0 fully saturated rings. The molecule has 6 aromatic rings. The van der Waals surface area contributed by atoms with Gasteiger partial charge >= 0.3 is 0 Å². The summed E-state index contributed by atoms with van der Waals surface area (Å²) >= 11 is 0. The van der Waals surface area contributed by atoms with Gasteiger partial charge < -0.3 is 19.5 Å². The molecule has 0 saturated carbocycles. The minimum Gasteiger partial charge on any atom is -0.482 e. The van der Waals surface area contributed by atoms with E-state index in [0.717, 1.165) is 29.6 Å². The molecule has 2 aliphatic heterocycles. The molecule has 8 rings (SSSR count). The fraction of sp³-hybridized carbons (Fsp3) is 0.161. The third-order valence-electron chi connectivity index (χ3n) is 7.73. The van der Waals surface area contributed by atoms with Crippen LogP contribution in [0, 0.1) is 0 Å². The zero-order valence-corrected chi connectivity index (χ0v) is 22.9. The van der Waals surface area contributed by atoms with Crippen molar-refractivity contribution in [2.24, 2.45) is 0 Å². The predicted molar refractivity (Wildman–Crippen MR) is 161 cm³/mol. The number of carbonyl (C=O) groups excluding carboxylic acids is 1. The van der Waals surface area contributed by atoms with Gasteiger partial charge in [0.1, 0.15) is 16.8 Å². The SMILES string of the molecule is O=C1COc2ccc3cc2N1CCC/C=C\Cn1c(=O)c2cnc(Nc4cnc5c(ccn5-c5ccncc5)c4)nc2n1-3. The third kappa shape index (κ3) is 4.22. The number of hydrogen-bond acceptors (Lipinski definition) is 8. The fourth-order valence-corrected chi connectivity index (χ4v) is 5.68. The molecule has 5 aromatic heterocycles. The van der Waals surface area contributed by atoms with Crippen LogP contribution in [-0.4, -0.2) is 52.9 Å². The molecule has 0 radical (unpaired) electrons. The Balaban J connectivity index is 1.22. The van der Waals surface area contributed by atoms with E-state index >= 15 is 0 Å². The van der Waals surface area contributed by atoms with Gasteiger partial charge in [0.25, 0.3) is 11.5 Å². The number of fused-ring (bicyclic) bond motifs is 6. The molecule has 0 aliphatic carbocycles. The second-order valence-corrected chi connectivity index (χ2v) is 10.4. The summed E-state index contributed by atoms with van der Waals surface area (Å²) in [5, 5.41) is 4.58. The molecule has 2 bridgehead atoms. The molecule has 212 valence electrons. The van der Waals surface area contributed by atoms with Crippen molar-refractivity contribution in [1.82, 2.24) is 33.9 Å². The molecular formula is C31H25N9O3. The van der Waals surface area contributed by atoms with Crippen LogP contribution in [0.5, 0.6) is 5.75 Å². The number of aromatic nitrogens is 7. The molecule has 12 heteroatoms. The number of amides is 1. The number of benzene rings is 1. The van der Waals surface area contributed by atoms with Gasteiger partial charge in [0.15, 0.2) is 12.3 Å². The van der Waals surface area contributed by atoms with Crippen LogP contribution in [0.3, 0.4) is 0 Å². The van der Waals surface area contributed by atoms with Gasteiger partial charge in [-0.3, -0.25) is 14.6 Å². The fourth-order valence-electron chi connectivity index (χ4n) is 5.68. The van der Waals surface area contributed by atoms with E-state index in [9.17, 15) is 9.59 Å². The number of nitrogens with one attached hydrogen (secondary N) is 1. The van der Waals surface area contributed by atoms with Gasteiger partial charge in [-0.05, 0) is 55.3 Å². The van der Waals surface area contributed by atoms with Crippen molar-refractivity contribution in [2.45, 2.75) is 19.4 Å². The largest absolute Gasteiger partial charge is 0.482 e.